The van der Waals surface area contributed by atoms with Crippen molar-refractivity contribution in [3.8, 4) is 0 Å². The van der Waals surface area contributed by atoms with Crippen LogP contribution in [0, 0.1) is 0 Å². The molecule has 0 fully saturated rings. The van der Waals surface area contributed by atoms with Crippen LogP contribution in [0.15, 0.2) is 0 Å². The minimum Gasteiger partial charge on any atom is -0.481 e. The smallest absolute Gasteiger partial charge is 0.307 e. The number of aliphatic hydroxyl groups is 3. The van der Waals surface area contributed by atoms with Gasteiger partial charge in [-0.25, -0.2) is 0 Å². The molecule has 0 aliphatic carbocycles. The summed E-state index contributed by atoms with van der Waals surface area (Å²) >= 11 is 0. The number of carboxylic acids is 1. The lowest BCUT2D eigenvalue weighted by Gasteiger charge is -2.21. The first kappa shape index (κ1) is 15.5. The Morgan fingerprint density at radius 1 is 1.24 bits per heavy atom. The van der Waals surface area contributed by atoms with E-state index in [1.807, 2.05) is 0 Å². The summed E-state index contributed by atoms with van der Waals surface area (Å²) in [5.41, 5.74) is 0. The van der Waals surface area contributed by atoms with E-state index in [1.165, 1.54) is 0 Å². The molecule has 0 radical (unpaired) electrons. The second-order valence-electron chi connectivity index (χ2n) is 3.22. The molecule has 0 aromatic carbocycles. The molecule has 98 valence electrons. The van der Waals surface area contributed by atoms with Crippen molar-refractivity contribution < 1.29 is 39.5 Å². The zero-order chi connectivity index (χ0) is 13.4. The molecular formula is C9H14O8. The molecule has 8 nitrogen and oxygen atoms in total. The van der Waals surface area contributed by atoms with Crippen LogP contribution in [0.3, 0.4) is 0 Å². The van der Waals surface area contributed by atoms with Crippen LogP contribution in [0.4, 0.5) is 0 Å². The fraction of sp³-hybridized carbons (Fsp3) is 0.667. The van der Waals surface area contributed by atoms with Gasteiger partial charge in [0.2, 0.25) is 0 Å². The summed E-state index contributed by atoms with van der Waals surface area (Å²) in [7, 11) is 0. The summed E-state index contributed by atoms with van der Waals surface area (Å²) in [6, 6.07) is 0. The average Bonchev–Trinajstić information content (AvgIpc) is 2.31. The van der Waals surface area contributed by atoms with Gasteiger partial charge in [0.1, 0.15) is 12.2 Å². The van der Waals surface area contributed by atoms with E-state index in [1.54, 1.807) is 0 Å². The molecule has 0 aliphatic heterocycles. The molecule has 0 rings (SSSR count). The monoisotopic (exact) mass is 250 g/mol. The molecule has 0 heterocycles. The van der Waals surface area contributed by atoms with Gasteiger partial charge in [-0.15, -0.1) is 0 Å². The average molecular weight is 250 g/mol. The summed E-state index contributed by atoms with van der Waals surface area (Å²) < 4.78 is 4.44. The van der Waals surface area contributed by atoms with Crippen molar-refractivity contribution in [2.75, 3.05) is 6.61 Å². The molecule has 0 amide bonds. The molecule has 3 atom stereocenters. The van der Waals surface area contributed by atoms with E-state index in [2.05, 4.69) is 4.74 Å². The third-order valence-electron chi connectivity index (χ3n) is 1.86. The third kappa shape index (κ3) is 5.95. The Bertz CT molecular complexity index is 276. The van der Waals surface area contributed by atoms with E-state index in [0.717, 1.165) is 0 Å². The highest BCUT2D eigenvalue weighted by Crippen LogP contribution is 2.05. The zero-order valence-corrected chi connectivity index (χ0v) is 8.85. The molecule has 0 saturated heterocycles. The van der Waals surface area contributed by atoms with Gasteiger partial charge in [0.05, 0.1) is 19.4 Å². The van der Waals surface area contributed by atoms with Crippen LogP contribution >= 0.6 is 0 Å². The van der Waals surface area contributed by atoms with E-state index in [9.17, 15) is 19.5 Å². The van der Waals surface area contributed by atoms with E-state index < -0.39 is 49.7 Å². The number of aliphatic hydroxyl groups excluding tert-OH is 3. The van der Waals surface area contributed by atoms with Gasteiger partial charge in [0.25, 0.3) is 0 Å². The molecular weight excluding hydrogens is 236 g/mol. The summed E-state index contributed by atoms with van der Waals surface area (Å²) in [6.45, 7) is -0.807. The fourth-order valence-corrected chi connectivity index (χ4v) is 0.925. The minimum atomic E-state index is -1.76. The summed E-state index contributed by atoms with van der Waals surface area (Å²) in [5, 5.41) is 35.1. The second-order valence-corrected chi connectivity index (χ2v) is 3.22. The van der Waals surface area contributed by atoms with Crippen LogP contribution in [-0.2, 0) is 19.1 Å². The van der Waals surface area contributed by atoms with Crippen LogP contribution in [-0.4, -0.2) is 63.6 Å². The number of aldehydes is 1. The number of carbonyl (C=O) groups is 3. The quantitative estimate of drug-likeness (QED) is 0.278. The van der Waals surface area contributed by atoms with Gasteiger partial charge < -0.3 is 25.2 Å². The first-order valence-corrected chi connectivity index (χ1v) is 4.76. The van der Waals surface area contributed by atoms with E-state index >= 15 is 0 Å². The number of esters is 1. The largest absolute Gasteiger partial charge is 0.481 e. The number of carbonyl (C=O) groups excluding carboxylic acids is 2. The van der Waals surface area contributed by atoms with Crippen molar-refractivity contribution in [1.82, 2.24) is 0 Å². The molecule has 0 aromatic rings. The van der Waals surface area contributed by atoms with E-state index in [0.29, 0.717) is 0 Å². The van der Waals surface area contributed by atoms with Crippen LogP contribution in [0.1, 0.15) is 12.8 Å². The lowest BCUT2D eigenvalue weighted by molar-refractivity contribution is -0.164. The summed E-state index contributed by atoms with van der Waals surface area (Å²) in [6.07, 6.45) is -5.87. The lowest BCUT2D eigenvalue weighted by atomic mass is 10.1. The van der Waals surface area contributed by atoms with Crippen molar-refractivity contribution >= 4 is 18.2 Å². The highest BCUT2D eigenvalue weighted by atomic mass is 16.6. The first-order chi connectivity index (χ1) is 7.92. The third-order valence-corrected chi connectivity index (χ3v) is 1.86. The number of aliphatic carboxylic acids is 1. The van der Waals surface area contributed by atoms with E-state index in [-0.39, 0.29) is 6.29 Å². The Morgan fingerprint density at radius 2 is 1.82 bits per heavy atom. The van der Waals surface area contributed by atoms with Gasteiger partial charge in [0.15, 0.2) is 12.4 Å². The normalized spacial score (nSPS) is 15.7. The topological polar surface area (TPSA) is 141 Å². The SMILES string of the molecule is O=C[C@H](OC(=O)CCC(=O)O)[C@H](O)[C@H](O)CO. The maximum Gasteiger partial charge on any atom is 0.307 e. The molecule has 17 heavy (non-hydrogen) atoms. The van der Waals surface area contributed by atoms with Gasteiger partial charge in [0, 0.05) is 0 Å². The number of ether oxygens (including phenoxy) is 1. The molecule has 0 spiro atoms. The molecule has 0 aliphatic rings. The van der Waals surface area contributed by atoms with Gasteiger partial charge in [-0.2, -0.15) is 0 Å². The number of hydrogen-bond donors (Lipinski definition) is 4. The van der Waals surface area contributed by atoms with Gasteiger partial charge in [-0.3, -0.25) is 14.4 Å². The van der Waals surface area contributed by atoms with Crippen molar-refractivity contribution in [2.24, 2.45) is 0 Å². The van der Waals surface area contributed by atoms with Crippen molar-refractivity contribution in [1.29, 1.82) is 0 Å². The van der Waals surface area contributed by atoms with Crippen LogP contribution in [0.25, 0.3) is 0 Å². The van der Waals surface area contributed by atoms with Gasteiger partial charge in [-0.05, 0) is 0 Å². The van der Waals surface area contributed by atoms with Crippen LogP contribution in [0.5, 0.6) is 0 Å². The predicted molar refractivity (Wildman–Crippen MR) is 51.9 cm³/mol. The predicted octanol–water partition coefficient (Wildman–Crippen LogP) is -2.32. The zero-order valence-electron chi connectivity index (χ0n) is 8.85. The maximum atomic E-state index is 11.0. The molecule has 8 heteroatoms. The molecule has 0 bridgehead atoms. The minimum absolute atomic E-state index is 0.0855. The van der Waals surface area contributed by atoms with Crippen LogP contribution in [0.2, 0.25) is 0 Å². The highest BCUT2D eigenvalue weighted by molar-refractivity contribution is 5.78. The number of hydrogen-bond acceptors (Lipinski definition) is 7. The Hall–Kier alpha value is -1.51. The maximum absolute atomic E-state index is 11.0. The first-order valence-electron chi connectivity index (χ1n) is 4.76. The van der Waals surface area contributed by atoms with E-state index in [4.69, 9.17) is 15.3 Å². The molecule has 0 saturated carbocycles. The van der Waals surface area contributed by atoms with Crippen molar-refractivity contribution in [2.45, 2.75) is 31.2 Å². The lowest BCUT2D eigenvalue weighted by Crippen LogP contribution is -2.43. The Labute approximate surface area is 96.4 Å². The van der Waals surface area contributed by atoms with Crippen molar-refractivity contribution in [3.63, 3.8) is 0 Å². The van der Waals surface area contributed by atoms with Crippen LogP contribution < -0.4 is 0 Å². The Morgan fingerprint density at radius 3 is 2.24 bits per heavy atom. The molecule has 0 unspecified atom stereocenters. The summed E-state index contributed by atoms with van der Waals surface area (Å²) in [4.78, 5) is 31.7. The summed E-state index contributed by atoms with van der Waals surface area (Å²) in [5.74, 6) is -2.20. The Kier molecular flexibility index (Phi) is 7.03. The molecule has 4 N–H and O–H groups in total. The van der Waals surface area contributed by atoms with Gasteiger partial charge in [-0.1, -0.05) is 0 Å². The number of carboxylic acid groups (broad SMARTS) is 1. The van der Waals surface area contributed by atoms with Crippen molar-refractivity contribution in [3.05, 3.63) is 0 Å². The standard InChI is InChI=1S/C9H14O8/c10-3-5(12)9(16)6(4-11)17-8(15)2-1-7(13)14/h4-6,9-10,12,16H,1-3H2,(H,13,14)/t5-,6+,9-/m1/s1. The van der Waals surface area contributed by atoms with Gasteiger partial charge >= 0.3 is 11.9 Å². The second kappa shape index (κ2) is 7.71. The fourth-order valence-electron chi connectivity index (χ4n) is 0.925. The number of rotatable bonds is 8. The molecule has 0 aromatic heterocycles. The Balaban J connectivity index is 4.25. The highest BCUT2D eigenvalue weighted by Gasteiger charge is 2.28.